The molecule has 6 heteroatoms. The van der Waals surface area contributed by atoms with Crippen LogP contribution in [-0.2, 0) is 11.3 Å². The Morgan fingerprint density at radius 2 is 1.87 bits per heavy atom. The van der Waals surface area contributed by atoms with Crippen molar-refractivity contribution in [3.05, 3.63) is 53.6 Å². The number of ether oxygens (including phenoxy) is 4. The molecule has 0 saturated carbocycles. The highest BCUT2D eigenvalue weighted by Gasteiger charge is 2.28. The number of aliphatic hydroxyl groups is 1. The van der Waals surface area contributed by atoms with Gasteiger partial charge in [-0.1, -0.05) is 18.2 Å². The number of β-amino-alcohol motifs (C(OH)–C–C–N with tert-alkyl or cyclic N) is 1. The molecule has 6 nitrogen and oxygen atoms in total. The van der Waals surface area contributed by atoms with Gasteiger partial charge in [0.2, 0.25) is 0 Å². The predicted octanol–water partition coefficient (Wildman–Crippen LogP) is 3.57. The molecule has 4 rings (SSSR count). The van der Waals surface area contributed by atoms with Crippen LogP contribution in [0.4, 0.5) is 0 Å². The van der Waals surface area contributed by atoms with Crippen molar-refractivity contribution in [2.24, 2.45) is 0 Å². The molecule has 2 heterocycles. The number of hydrogen-bond donors (Lipinski definition) is 1. The van der Waals surface area contributed by atoms with Crippen LogP contribution < -0.4 is 14.2 Å². The summed E-state index contributed by atoms with van der Waals surface area (Å²) in [6.07, 6.45) is 2.59. The van der Waals surface area contributed by atoms with E-state index < -0.39 is 6.10 Å². The molecule has 30 heavy (non-hydrogen) atoms. The Labute approximate surface area is 178 Å². The number of likely N-dealkylation sites (tertiary alicyclic amines) is 1. The molecular weight excluding hydrogens is 382 g/mol. The molecule has 0 radical (unpaired) electrons. The summed E-state index contributed by atoms with van der Waals surface area (Å²) in [5, 5.41) is 10.5. The maximum Gasteiger partial charge on any atom is 0.161 e. The Morgan fingerprint density at radius 1 is 1.07 bits per heavy atom. The number of methoxy groups -OCH3 is 1. The summed E-state index contributed by atoms with van der Waals surface area (Å²) >= 11 is 0. The zero-order valence-electron chi connectivity index (χ0n) is 17.6. The fraction of sp³-hybridized carbons (Fsp3) is 0.500. The molecule has 0 spiro atoms. The summed E-state index contributed by atoms with van der Waals surface area (Å²) in [6, 6.07) is 14.3. The van der Waals surface area contributed by atoms with Gasteiger partial charge in [0, 0.05) is 19.0 Å². The monoisotopic (exact) mass is 413 g/mol. The summed E-state index contributed by atoms with van der Waals surface area (Å²) in [5.74, 6) is 2.49. The van der Waals surface area contributed by atoms with Crippen LogP contribution in [-0.4, -0.2) is 56.1 Å². The molecule has 0 amide bonds. The van der Waals surface area contributed by atoms with Crippen LogP contribution >= 0.6 is 0 Å². The lowest BCUT2D eigenvalue weighted by Crippen LogP contribution is -2.34. The lowest BCUT2D eigenvalue weighted by Gasteiger charge is -2.27. The number of hydrogen-bond acceptors (Lipinski definition) is 6. The second-order valence-electron chi connectivity index (χ2n) is 7.93. The van der Waals surface area contributed by atoms with Gasteiger partial charge < -0.3 is 24.1 Å². The minimum atomic E-state index is -0.524. The van der Waals surface area contributed by atoms with Crippen LogP contribution in [0.2, 0.25) is 0 Å². The van der Waals surface area contributed by atoms with Gasteiger partial charge >= 0.3 is 0 Å². The molecule has 2 aromatic rings. The summed E-state index contributed by atoms with van der Waals surface area (Å²) in [7, 11) is 1.65. The van der Waals surface area contributed by atoms with Crippen LogP contribution in [0.1, 0.15) is 36.4 Å². The van der Waals surface area contributed by atoms with Crippen LogP contribution in [0, 0.1) is 0 Å². The third-order valence-corrected chi connectivity index (χ3v) is 5.70. The summed E-state index contributed by atoms with van der Waals surface area (Å²) in [5.41, 5.74) is 2.29. The third-order valence-electron chi connectivity index (χ3n) is 5.70. The van der Waals surface area contributed by atoms with E-state index in [2.05, 4.69) is 17.0 Å². The highest BCUT2D eigenvalue weighted by Crippen LogP contribution is 2.37. The third kappa shape index (κ3) is 5.25. The number of aliphatic hydroxyl groups excluding tert-OH is 1. The lowest BCUT2D eigenvalue weighted by atomic mass is 10.0. The van der Waals surface area contributed by atoms with Gasteiger partial charge in [-0.05, 0) is 54.8 Å². The van der Waals surface area contributed by atoms with Gasteiger partial charge in [-0.25, -0.2) is 0 Å². The van der Waals surface area contributed by atoms with E-state index in [0.29, 0.717) is 39.0 Å². The van der Waals surface area contributed by atoms with Gasteiger partial charge in [0.1, 0.15) is 5.75 Å². The molecule has 1 N–H and O–H groups in total. The molecule has 2 aromatic carbocycles. The van der Waals surface area contributed by atoms with E-state index in [1.54, 1.807) is 7.11 Å². The van der Waals surface area contributed by atoms with E-state index in [-0.39, 0.29) is 0 Å². The average molecular weight is 414 g/mol. The fourth-order valence-corrected chi connectivity index (χ4v) is 4.17. The van der Waals surface area contributed by atoms with Gasteiger partial charge in [0.05, 0.1) is 39.6 Å². The van der Waals surface area contributed by atoms with Crippen molar-refractivity contribution >= 4 is 0 Å². The normalized spacial score (nSPS) is 20.0. The van der Waals surface area contributed by atoms with E-state index in [4.69, 9.17) is 18.9 Å². The molecule has 2 aliphatic heterocycles. The molecule has 1 saturated heterocycles. The maximum atomic E-state index is 10.5. The van der Waals surface area contributed by atoms with Crippen LogP contribution in [0.25, 0.3) is 0 Å². The molecule has 2 aliphatic rings. The molecule has 0 aliphatic carbocycles. The number of benzene rings is 2. The van der Waals surface area contributed by atoms with Gasteiger partial charge in [0.25, 0.3) is 0 Å². The highest BCUT2D eigenvalue weighted by atomic mass is 16.5. The van der Waals surface area contributed by atoms with E-state index in [0.717, 1.165) is 48.6 Å². The van der Waals surface area contributed by atoms with Gasteiger partial charge in [-0.2, -0.15) is 0 Å². The van der Waals surface area contributed by atoms with Crippen molar-refractivity contribution in [1.82, 2.24) is 4.90 Å². The number of rotatable bonds is 8. The van der Waals surface area contributed by atoms with E-state index in [1.165, 1.54) is 5.56 Å². The first kappa shape index (κ1) is 21.0. The van der Waals surface area contributed by atoms with E-state index in [9.17, 15) is 5.11 Å². The average Bonchev–Trinajstić information content (AvgIpc) is 3.09. The Kier molecular flexibility index (Phi) is 7.10. The van der Waals surface area contributed by atoms with Gasteiger partial charge in [-0.3, -0.25) is 4.90 Å². The van der Waals surface area contributed by atoms with Crippen LogP contribution in [0.15, 0.2) is 42.5 Å². The zero-order chi connectivity index (χ0) is 20.8. The van der Waals surface area contributed by atoms with E-state index >= 15 is 0 Å². The van der Waals surface area contributed by atoms with Crippen molar-refractivity contribution in [3.63, 3.8) is 0 Å². The Bertz CT molecular complexity index is 810. The second-order valence-corrected chi connectivity index (χ2v) is 7.93. The number of fused-ring (bicyclic) bond motifs is 1. The number of nitrogens with zero attached hydrogens (tertiary/aromatic N) is 1. The lowest BCUT2D eigenvalue weighted by molar-refractivity contribution is 0.00770. The first-order valence-corrected chi connectivity index (χ1v) is 10.8. The molecule has 1 fully saturated rings. The molecule has 0 bridgehead atoms. The molecule has 0 aromatic heterocycles. The summed E-state index contributed by atoms with van der Waals surface area (Å²) in [4.78, 5) is 2.35. The maximum absolute atomic E-state index is 10.5. The molecule has 162 valence electrons. The minimum absolute atomic E-state index is 0.290. The molecule has 2 atom stereocenters. The Morgan fingerprint density at radius 3 is 2.67 bits per heavy atom. The topological polar surface area (TPSA) is 60.4 Å². The Balaban J connectivity index is 1.29. The SMILES string of the molecule is COc1ccc(COCC(O)CN2CCCC2c2ccc3c(c2)OCCCO3)cc1. The first-order valence-electron chi connectivity index (χ1n) is 10.8. The Hall–Kier alpha value is -2.28. The van der Waals surface area contributed by atoms with Crippen molar-refractivity contribution in [1.29, 1.82) is 0 Å². The van der Waals surface area contributed by atoms with Crippen molar-refractivity contribution in [3.8, 4) is 17.2 Å². The van der Waals surface area contributed by atoms with Crippen LogP contribution in [0.5, 0.6) is 17.2 Å². The van der Waals surface area contributed by atoms with Crippen LogP contribution in [0.3, 0.4) is 0 Å². The van der Waals surface area contributed by atoms with Crippen molar-refractivity contribution in [2.45, 2.75) is 38.0 Å². The fourth-order valence-electron chi connectivity index (χ4n) is 4.17. The molecule has 2 unspecified atom stereocenters. The van der Waals surface area contributed by atoms with Crippen molar-refractivity contribution < 1.29 is 24.1 Å². The predicted molar refractivity (Wildman–Crippen MR) is 114 cm³/mol. The molecular formula is C24H31NO5. The summed E-state index contributed by atoms with van der Waals surface area (Å²) in [6.45, 7) is 3.76. The largest absolute Gasteiger partial charge is 0.497 e. The highest BCUT2D eigenvalue weighted by molar-refractivity contribution is 5.44. The minimum Gasteiger partial charge on any atom is -0.497 e. The van der Waals surface area contributed by atoms with Gasteiger partial charge in [0.15, 0.2) is 11.5 Å². The zero-order valence-corrected chi connectivity index (χ0v) is 17.6. The van der Waals surface area contributed by atoms with Crippen molar-refractivity contribution in [2.75, 3.05) is 40.0 Å². The first-order chi connectivity index (χ1) is 14.7. The second kappa shape index (κ2) is 10.2. The summed E-state index contributed by atoms with van der Waals surface area (Å²) < 4.78 is 22.5. The standard InChI is InChI=1S/C24H31NO5/c1-27-21-8-5-18(6-9-21)16-28-17-20(26)15-25-11-2-4-22(25)19-7-10-23-24(14-19)30-13-3-12-29-23/h5-10,14,20,22,26H,2-4,11-13,15-17H2,1H3. The van der Waals surface area contributed by atoms with E-state index in [1.807, 2.05) is 30.3 Å². The quantitative estimate of drug-likeness (QED) is 0.714. The smallest absolute Gasteiger partial charge is 0.161 e. The van der Waals surface area contributed by atoms with Gasteiger partial charge in [-0.15, -0.1) is 0 Å².